The first-order valence-corrected chi connectivity index (χ1v) is 8.84. The summed E-state index contributed by atoms with van der Waals surface area (Å²) in [6.07, 6.45) is 3.69. The summed E-state index contributed by atoms with van der Waals surface area (Å²) in [5, 5.41) is 10.8. The van der Waals surface area contributed by atoms with Gasteiger partial charge in [-0.15, -0.1) is 23.5 Å². The summed E-state index contributed by atoms with van der Waals surface area (Å²) in [6, 6.07) is 4.14. The smallest absolute Gasteiger partial charge is 0.306 e. The Balaban J connectivity index is 2.14. The third kappa shape index (κ3) is 4.28. The van der Waals surface area contributed by atoms with Gasteiger partial charge in [0.05, 0.1) is 16.7 Å². The molecule has 20 heavy (non-hydrogen) atoms. The number of rotatable bonds is 2. The van der Waals surface area contributed by atoms with Crippen LogP contribution in [0.3, 0.4) is 0 Å². The first kappa shape index (κ1) is 15.4. The molecule has 0 aromatic heterocycles. The molecule has 4 nitrogen and oxygen atoms in total. The van der Waals surface area contributed by atoms with E-state index in [-0.39, 0.29) is 0 Å². The molecule has 7 heteroatoms. The van der Waals surface area contributed by atoms with Gasteiger partial charge in [0.15, 0.2) is 0 Å². The molecule has 0 radical (unpaired) electrons. The van der Waals surface area contributed by atoms with E-state index >= 15 is 0 Å². The van der Waals surface area contributed by atoms with Crippen molar-refractivity contribution >= 4 is 34.9 Å². The van der Waals surface area contributed by atoms with Crippen LogP contribution in [0.4, 0.5) is 15.8 Å². The van der Waals surface area contributed by atoms with Gasteiger partial charge in [0.25, 0.3) is 0 Å². The Morgan fingerprint density at radius 1 is 1.15 bits per heavy atom. The van der Waals surface area contributed by atoms with E-state index in [2.05, 4.69) is 4.90 Å². The predicted octanol–water partition coefficient (Wildman–Crippen LogP) is 4.11. The lowest BCUT2D eigenvalue weighted by molar-refractivity contribution is -0.387. The molecule has 110 valence electrons. The van der Waals surface area contributed by atoms with Gasteiger partial charge in [0.1, 0.15) is 0 Å². The Kier molecular flexibility index (Phi) is 5.97. The molecule has 0 aliphatic carbocycles. The van der Waals surface area contributed by atoms with Gasteiger partial charge in [0, 0.05) is 11.8 Å². The molecule has 1 aromatic rings. The highest BCUT2D eigenvalue weighted by molar-refractivity contribution is 8.00. The average molecular weight is 316 g/mol. The highest BCUT2D eigenvalue weighted by Gasteiger charge is 2.17. The first-order valence-electron chi connectivity index (χ1n) is 6.53. The second kappa shape index (κ2) is 7.73. The fraction of sp³-hybridized carbons (Fsp3) is 0.538. The van der Waals surface area contributed by atoms with Gasteiger partial charge >= 0.3 is 5.69 Å². The Morgan fingerprint density at radius 3 is 2.40 bits per heavy atom. The summed E-state index contributed by atoms with van der Waals surface area (Å²) in [5.74, 6) is 3.00. The van der Waals surface area contributed by atoms with Crippen molar-refractivity contribution < 1.29 is 9.31 Å². The normalized spacial score (nSPS) is 17.8. The Bertz CT molecular complexity index is 464. The number of hydrogen-bond acceptors (Lipinski definition) is 5. The van der Waals surface area contributed by atoms with E-state index < -0.39 is 16.4 Å². The van der Waals surface area contributed by atoms with E-state index in [0.29, 0.717) is 0 Å². The number of nitro benzene ring substituents is 1. The number of thioether (sulfide) groups is 2. The number of halogens is 1. The van der Waals surface area contributed by atoms with Crippen LogP contribution in [-0.2, 0) is 0 Å². The number of nitrogens with zero attached hydrogens (tertiary/aromatic N) is 2. The fourth-order valence-electron chi connectivity index (χ4n) is 1.96. The fourth-order valence-corrected chi connectivity index (χ4v) is 4.07. The maximum Gasteiger partial charge on any atom is 0.306 e. The van der Waals surface area contributed by atoms with Crippen LogP contribution in [0, 0.1) is 15.9 Å². The number of anilines is 1. The zero-order chi connectivity index (χ0) is 14.4. The standard InChI is InChI=1S/C13H17FN2O2S2/c14-12-5-4-11(8-13(12)16(17)18)15-9-19-6-2-1-3-7-20-10-15/h4-5,8H,1-3,6-7,9-10H2. The van der Waals surface area contributed by atoms with Crippen LogP contribution in [0.2, 0.25) is 0 Å². The molecule has 1 heterocycles. The minimum absolute atomic E-state index is 0.449. The summed E-state index contributed by atoms with van der Waals surface area (Å²) in [4.78, 5) is 12.2. The average Bonchev–Trinajstić information content (AvgIpc) is 2.45. The highest BCUT2D eigenvalue weighted by Crippen LogP contribution is 2.28. The monoisotopic (exact) mass is 316 g/mol. The van der Waals surface area contributed by atoms with Crippen molar-refractivity contribution in [3.8, 4) is 0 Å². The van der Waals surface area contributed by atoms with Gasteiger partial charge in [-0.1, -0.05) is 6.42 Å². The van der Waals surface area contributed by atoms with Crippen LogP contribution in [0.5, 0.6) is 0 Å². The lowest BCUT2D eigenvalue weighted by Crippen LogP contribution is -2.23. The Morgan fingerprint density at radius 2 is 1.80 bits per heavy atom. The van der Waals surface area contributed by atoms with E-state index in [4.69, 9.17) is 0 Å². The van der Waals surface area contributed by atoms with Crippen molar-refractivity contribution in [2.75, 3.05) is 28.2 Å². The third-order valence-corrected chi connectivity index (χ3v) is 5.21. The molecule has 0 amide bonds. The molecule has 0 saturated carbocycles. The van der Waals surface area contributed by atoms with Crippen LogP contribution >= 0.6 is 23.5 Å². The molecule has 0 bridgehead atoms. The van der Waals surface area contributed by atoms with Gasteiger partial charge in [-0.2, -0.15) is 4.39 Å². The zero-order valence-corrected chi connectivity index (χ0v) is 12.7. The predicted molar refractivity (Wildman–Crippen MR) is 84.0 cm³/mol. The van der Waals surface area contributed by atoms with E-state index in [9.17, 15) is 14.5 Å². The Hall–Kier alpha value is -0.950. The van der Waals surface area contributed by atoms with Crippen molar-refractivity contribution in [3.63, 3.8) is 0 Å². The summed E-state index contributed by atoms with van der Waals surface area (Å²) < 4.78 is 13.4. The molecule has 1 aliphatic rings. The molecular weight excluding hydrogens is 299 g/mol. The molecular formula is C13H17FN2O2S2. The second-order valence-corrected chi connectivity index (χ2v) is 6.72. The van der Waals surface area contributed by atoms with Crippen LogP contribution in [-0.4, -0.2) is 28.2 Å². The molecule has 0 spiro atoms. The maximum atomic E-state index is 13.4. The Labute approximate surface area is 126 Å². The molecule has 1 fully saturated rings. The number of nitro groups is 1. The molecule has 1 saturated heterocycles. The molecule has 0 N–H and O–H groups in total. The van der Waals surface area contributed by atoms with Gasteiger partial charge in [-0.05, 0) is 36.5 Å². The molecule has 1 aliphatic heterocycles. The summed E-state index contributed by atoms with van der Waals surface area (Å²) >= 11 is 3.64. The lowest BCUT2D eigenvalue weighted by atomic mass is 10.2. The highest BCUT2D eigenvalue weighted by atomic mass is 32.2. The van der Waals surface area contributed by atoms with Crippen LogP contribution < -0.4 is 4.90 Å². The van der Waals surface area contributed by atoms with Crippen LogP contribution in [0.25, 0.3) is 0 Å². The minimum atomic E-state index is -0.778. The van der Waals surface area contributed by atoms with Gasteiger partial charge in [-0.25, -0.2) is 0 Å². The topological polar surface area (TPSA) is 46.4 Å². The second-order valence-electron chi connectivity index (χ2n) is 4.57. The summed E-state index contributed by atoms with van der Waals surface area (Å²) in [6.45, 7) is 0. The zero-order valence-electron chi connectivity index (χ0n) is 11.1. The van der Waals surface area contributed by atoms with Crippen molar-refractivity contribution in [1.82, 2.24) is 0 Å². The largest absolute Gasteiger partial charge is 0.353 e. The third-order valence-electron chi connectivity index (χ3n) is 3.06. The van der Waals surface area contributed by atoms with E-state index in [0.717, 1.165) is 28.9 Å². The van der Waals surface area contributed by atoms with Crippen molar-refractivity contribution in [2.24, 2.45) is 0 Å². The molecule has 1 aromatic carbocycles. The number of benzene rings is 1. The van der Waals surface area contributed by atoms with Crippen LogP contribution in [0.15, 0.2) is 18.2 Å². The quantitative estimate of drug-likeness (QED) is 0.607. The van der Waals surface area contributed by atoms with Gasteiger partial charge in [-0.3, -0.25) is 10.1 Å². The van der Waals surface area contributed by atoms with E-state index in [1.807, 2.05) is 23.5 Å². The molecule has 2 rings (SSSR count). The van der Waals surface area contributed by atoms with Crippen molar-refractivity contribution in [3.05, 3.63) is 34.1 Å². The lowest BCUT2D eigenvalue weighted by Gasteiger charge is -2.25. The van der Waals surface area contributed by atoms with Gasteiger partial charge < -0.3 is 4.90 Å². The molecule has 0 unspecified atom stereocenters. The number of hydrogen-bond donors (Lipinski definition) is 0. The van der Waals surface area contributed by atoms with E-state index in [1.54, 1.807) is 6.07 Å². The SMILES string of the molecule is O=[N+]([O-])c1cc(N2CSCCCCCSC2)ccc1F. The first-order chi connectivity index (χ1) is 9.68. The maximum absolute atomic E-state index is 13.4. The summed E-state index contributed by atoms with van der Waals surface area (Å²) in [7, 11) is 0. The van der Waals surface area contributed by atoms with Gasteiger partial charge in [0.2, 0.25) is 5.82 Å². The van der Waals surface area contributed by atoms with Crippen LogP contribution in [0.1, 0.15) is 19.3 Å². The minimum Gasteiger partial charge on any atom is -0.353 e. The van der Waals surface area contributed by atoms with Crippen molar-refractivity contribution in [2.45, 2.75) is 19.3 Å². The molecule has 0 atom stereocenters. The van der Waals surface area contributed by atoms with Crippen molar-refractivity contribution in [1.29, 1.82) is 0 Å². The summed E-state index contributed by atoms with van der Waals surface area (Å²) in [5.41, 5.74) is 0.272. The van der Waals surface area contributed by atoms with E-state index in [1.165, 1.54) is 31.4 Å².